The minimum atomic E-state index is -3.61. The van der Waals surface area contributed by atoms with E-state index in [-0.39, 0.29) is 10.8 Å². The third-order valence-electron chi connectivity index (χ3n) is 4.12. The molecule has 0 unspecified atom stereocenters. The van der Waals surface area contributed by atoms with Crippen LogP contribution in [0.15, 0.2) is 52.3 Å². The first-order valence-corrected chi connectivity index (χ1v) is 11.1. The molecule has 0 spiro atoms. The van der Waals surface area contributed by atoms with Gasteiger partial charge < -0.3 is 5.32 Å². The van der Waals surface area contributed by atoms with Crippen molar-refractivity contribution in [3.8, 4) is 0 Å². The molecule has 0 aliphatic heterocycles. The van der Waals surface area contributed by atoms with E-state index in [2.05, 4.69) is 5.32 Å². The molecule has 5 nitrogen and oxygen atoms in total. The second-order valence-corrected chi connectivity index (χ2v) is 8.57. The van der Waals surface area contributed by atoms with E-state index in [9.17, 15) is 13.2 Å². The number of rotatable bonds is 7. The molecule has 0 heterocycles. The smallest absolute Gasteiger partial charge is 0.255 e. The molecule has 0 saturated carbocycles. The maximum Gasteiger partial charge on any atom is 0.255 e. The van der Waals surface area contributed by atoms with E-state index in [1.165, 1.54) is 10.4 Å². The van der Waals surface area contributed by atoms with E-state index in [1.54, 1.807) is 44.7 Å². The van der Waals surface area contributed by atoms with Gasteiger partial charge in [-0.25, -0.2) is 8.42 Å². The Morgan fingerprint density at radius 1 is 1.12 bits per heavy atom. The predicted molar refractivity (Wildman–Crippen MR) is 107 cm³/mol. The molecule has 0 saturated heterocycles. The number of hydrogen-bond donors (Lipinski definition) is 1. The third kappa shape index (κ3) is 4.47. The molecule has 1 amide bonds. The lowest BCUT2D eigenvalue weighted by molar-refractivity contribution is 0.102. The average molecular weight is 393 g/mol. The summed E-state index contributed by atoms with van der Waals surface area (Å²) >= 11 is 1.59. The molecule has 26 heavy (non-hydrogen) atoms. The number of carbonyl (C=O) groups is 1. The molecular weight excluding hydrogens is 368 g/mol. The topological polar surface area (TPSA) is 66.5 Å². The normalized spacial score (nSPS) is 11.6. The van der Waals surface area contributed by atoms with Crippen LogP contribution in [-0.2, 0) is 10.0 Å². The number of nitrogens with zero attached hydrogens (tertiary/aromatic N) is 1. The number of nitrogens with one attached hydrogen (secondary N) is 1. The molecule has 7 heteroatoms. The van der Waals surface area contributed by atoms with Crippen molar-refractivity contribution >= 4 is 33.4 Å². The van der Waals surface area contributed by atoms with Crippen LogP contribution in [0.2, 0.25) is 0 Å². The molecule has 2 aromatic carbocycles. The summed E-state index contributed by atoms with van der Waals surface area (Å²) in [5, 5.41) is 2.85. The number of aryl methyl sites for hydroxylation is 1. The van der Waals surface area contributed by atoms with Gasteiger partial charge in [0.15, 0.2) is 0 Å². The van der Waals surface area contributed by atoms with Gasteiger partial charge in [-0.2, -0.15) is 4.31 Å². The zero-order valence-corrected chi connectivity index (χ0v) is 17.1. The van der Waals surface area contributed by atoms with Crippen molar-refractivity contribution in [3.05, 3.63) is 53.6 Å². The Hall–Kier alpha value is -1.83. The molecule has 1 N–H and O–H groups in total. The summed E-state index contributed by atoms with van der Waals surface area (Å²) in [6.45, 7) is 6.15. The molecule has 0 aliphatic carbocycles. The SMILES string of the molecule is CCN(CC)S(=O)(=O)c1ccc(C)c(C(=O)Nc2cccc(SC)c2)c1. The van der Waals surface area contributed by atoms with Crippen molar-refractivity contribution in [3.63, 3.8) is 0 Å². The Kier molecular flexibility index (Phi) is 6.86. The van der Waals surface area contributed by atoms with Crippen LogP contribution >= 0.6 is 11.8 Å². The Labute approximate surface area is 159 Å². The molecule has 2 aromatic rings. The second kappa shape index (κ2) is 8.70. The van der Waals surface area contributed by atoms with Gasteiger partial charge in [0.1, 0.15) is 0 Å². The van der Waals surface area contributed by atoms with Crippen molar-refractivity contribution in [1.82, 2.24) is 4.31 Å². The van der Waals surface area contributed by atoms with E-state index in [0.29, 0.717) is 24.3 Å². The summed E-state index contributed by atoms with van der Waals surface area (Å²) in [6, 6.07) is 12.2. The maximum atomic E-state index is 12.7. The van der Waals surface area contributed by atoms with Crippen LogP contribution in [0, 0.1) is 6.92 Å². The molecular formula is C19H24N2O3S2. The highest BCUT2D eigenvalue weighted by molar-refractivity contribution is 7.98. The van der Waals surface area contributed by atoms with Crippen LogP contribution in [0.25, 0.3) is 0 Å². The van der Waals surface area contributed by atoms with Crippen molar-refractivity contribution in [2.75, 3.05) is 24.7 Å². The van der Waals surface area contributed by atoms with Crippen molar-refractivity contribution in [2.24, 2.45) is 0 Å². The first-order valence-electron chi connectivity index (χ1n) is 8.39. The fourth-order valence-electron chi connectivity index (χ4n) is 2.62. The fourth-order valence-corrected chi connectivity index (χ4v) is 4.56. The summed E-state index contributed by atoms with van der Waals surface area (Å²) < 4.78 is 26.8. The number of amides is 1. The zero-order valence-electron chi connectivity index (χ0n) is 15.4. The molecule has 0 aromatic heterocycles. The van der Waals surface area contributed by atoms with Crippen molar-refractivity contribution in [2.45, 2.75) is 30.6 Å². The number of benzene rings is 2. The van der Waals surface area contributed by atoms with Gasteiger partial charge >= 0.3 is 0 Å². The monoisotopic (exact) mass is 392 g/mol. The highest BCUT2D eigenvalue weighted by atomic mass is 32.2. The lowest BCUT2D eigenvalue weighted by atomic mass is 10.1. The van der Waals surface area contributed by atoms with E-state index < -0.39 is 10.0 Å². The molecule has 2 rings (SSSR count). The maximum absolute atomic E-state index is 12.7. The summed E-state index contributed by atoms with van der Waals surface area (Å²) in [5.41, 5.74) is 1.76. The Balaban J connectivity index is 2.36. The van der Waals surface area contributed by atoms with Gasteiger partial charge in [-0.05, 0) is 49.1 Å². The first kappa shape index (κ1) is 20.5. The summed E-state index contributed by atoms with van der Waals surface area (Å²) in [5.74, 6) is -0.322. The van der Waals surface area contributed by atoms with Crippen LogP contribution in [0.4, 0.5) is 5.69 Å². The molecule has 140 valence electrons. The van der Waals surface area contributed by atoms with Gasteiger partial charge in [0, 0.05) is 29.2 Å². The number of carbonyl (C=O) groups excluding carboxylic acids is 1. The predicted octanol–water partition coefficient (Wildman–Crippen LogP) is 4.00. The molecule has 0 bridgehead atoms. The first-order chi connectivity index (χ1) is 12.3. The van der Waals surface area contributed by atoms with Crippen LogP contribution < -0.4 is 5.32 Å². The second-order valence-electron chi connectivity index (χ2n) is 5.75. The van der Waals surface area contributed by atoms with Gasteiger partial charge in [0.2, 0.25) is 10.0 Å². The zero-order chi connectivity index (χ0) is 19.3. The Bertz CT molecular complexity index is 891. The quantitative estimate of drug-likeness (QED) is 0.723. The molecule has 0 atom stereocenters. The van der Waals surface area contributed by atoms with Gasteiger partial charge in [-0.15, -0.1) is 11.8 Å². The Morgan fingerprint density at radius 3 is 2.42 bits per heavy atom. The van der Waals surface area contributed by atoms with Crippen LogP contribution in [0.1, 0.15) is 29.8 Å². The Morgan fingerprint density at radius 2 is 1.81 bits per heavy atom. The minimum absolute atomic E-state index is 0.134. The van der Waals surface area contributed by atoms with E-state index in [1.807, 2.05) is 30.5 Å². The lowest BCUT2D eigenvalue weighted by Crippen LogP contribution is -2.30. The number of sulfonamides is 1. The summed E-state index contributed by atoms with van der Waals surface area (Å²) in [6.07, 6.45) is 1.96. The number of hydrogen-bond acceptors (Lipinski definition) is 4. The van der Waals surface area contributed by atoms with Gasteiger partial charge in [0.05, 0.1) is 4.90 Å². The molecule has 0 fully saturated rings. The highest BCUT2D eigenvalue weighted by Crippen LogP contribution is 2.22. The summed E-state index contributed by atoms with van der Waals surface area (Å²) in [7, 11) is -3.61. The largest absolute Gasteiger partial charge is 0.322 e. The van der Waals surface area contributed by atoms with Crippen LogP contribution in [0.3, 0.4) is 0 Å². The van der Waals surface area contributed by atoms with E-state index in [0.717, 1.165) is 10.5 Å². The number of anilines is 1. The standard InChI is InChI=1S/C19H24N2O3S2/c1-5-21(6-2)26(23,24)17-11-10-14(3)18(13-17)19(22)20-15-8-7-9-16(12-15)25-4/h7-13H,5-6H2,1-4H3,(H,20,22). The number of thioether (sulfide) groups is 1. The highest BCUT2D eigenvalue weighted by Gasteiger charge is 2.23. The van der Waals surface area contributed by atoms with Crippen LogP contribution in [-0.4, -0.2) is 38.0 Å². The fraction of sp³-hybridized carbons (Fsp3) is 0.316. The van der Waals surface area contributed by atoms with Gasteiger partial charge in [0.25, 0.3) is 5.91 Å². The van der Waals surface area contributed by atoms with E-state index in [4.69, 9.17) is 0 Å². The molecule has 0 radical (unpaired) electrons. The minimum Gasteiger partial charge on any atom is -0.322 e. The van der Waals surface area contributed by atoms with Crippen molar-refractivity contribution < 1.29 is 13.2 Å². The van der Waals surface area contributed by atoms with Crippen molar-refractivity contribution in [1.29, 1.82) is 0 Å². The van der Waals surface area contributed by atoms with E-state index >= 15 is 0 Å². The van der Waals surface area contributed by atoms with Gasteiger partial charge in [-0.1, -0.05) is 26.0 Å². The average Bonchev–Trinajstić information content (AvgIpc) is 2.62. The lowest BCUT2D eigenvalue weighted by Gasteiger charge is -2.19. The van der Waals surface area contributed by atoms with Gasteiger partial charge in [-0.3, -0.25) is 4.79 Å². The van der Waals surface area contributed by atoms with Crippen LogP contribution in [0.5, 0.6) is 0 Å². The molecule has 0 aliphatic rings. The summed E-state index contributed by atoms with van der Waals surface area (Å²) in [4.78, 5) is 13.9. The third-order valence-corrected chi connectivity index (χ3v) is 6.90.